The molecule has 6 unspecified atom stereocenters. The van der Waals surface area contributed by atoms with Gasteiger partial charge in [0, 0.05) is 5.25 Å². The molecule has 0 heterocycles. The van der Waals surface area contributed by atoms with Crippen molar-refractivity contribution in [1.82, 2.24) is 0 Å². The first kappa shape index (κ1) is 25.9. The number of thiol groups is 1. The molecule has 1 aromatic carbocycles. The molecule has 1 aromatic rings. The summed E-state index contributed by atoms with van der Waals surface area (Å²) in [5.41, 5.74) is 2.95. The topological polar surface area (TPSA) is 0 Å². The summed E-state index contributed by atoms with van der Waals surface area (Å²) in [6.07, 6.45) is 8.92. The monoisotopic (exact) mass is 492 g/mol. The van der Waals surface area contributed by atoms with Gasteiger partial charge in [-0.2, -0.15) is 12.6 Å². The largest absolute Gasteiger partial charge is 0.229 e. The normalized spacial score (nSPS) is 27.8. The molecule has 0 nitrogen and oxygen atoms in total. The number of halogens is 2. The van der Waals surface area contributed by atoms with Gasteiger partial charge in [0.1, 0.15) is 0 Å². The number of allylic oxidation sites excluding steroid dienone is 4. The van der Waals surface area contributed by atoms with Crippen molar-refractivity contribution in [3.05, 3.63) is 46.8 Å². The van der Waals surface area contributed by atoms with E-state index in [0.717, 1.165) is 29.1 Å². The first-order valence-corrected chi connectivity index (χ1v) is 13.5. The summed E-state index contributed by atoms with van der Waals surface area (Å²) < 4.78 is 28.1. The Morgan fingerprint density at radius 2 is 1.81 bits per heavy atom. The predicted molar refractivity (Wildman–Crippen MR) is 145 cm³/mol. The van der Waals surface area contributed by atoms with Crippen LogP contribution in [0, 0.1) is 23.7 Å². The molecule has 2 aliphatic rings. The summed E-state index contributed by atoms with van der Waals surface area (Å²) in [5.74, 6) is 6.83. The molecule has 0 aromatic heterocycles. The zero-order chi connectivity index (χ0) is 23.3. The highest BCUT2D eigenvalue weighted by molar-refractivity contribution is 7.80. The van der Waals surface area contributed by atoms with E-state index in [0.29, 0.717) is 22.1 Å². The predicted octanol–water partition coefficient (Wildman–Crippen LogP) is 7.42. The maximum Gasteiger partial charge on any atom is 0.185 e. The molecule has 32 heavy (non-hydrogen) atoms. The van der Waals surface area contributed by atoms with Crippen LogP contribution in [0.1, 0.15) is 75.8 Å². The van der Waals surface area contributed by atoms with Gasteiger partial charge in [-0.3, -0.25) is 0 Å². The number of alkyl halides is 2. The molecule has 2 aliphatic carbocycles. The van der Waals surface area contributed by atoms with Crippen molar-refractivity contribution >= 4 is 42.0 Å². The van der Waals surface area contributed by atoms with Gasteiger partial charge in [0.25, 0.3) is 0 Å². The minimum absolute atomic E-state index is 0.430. The highest BCUT2D eigenvalue weighted by Crippen LogP contribution is 2.40. The fraction of sp³-hybridized carbons (Fsp3) is 0.556. The lowest BCUT2D eigenvalue weighted by atomic mass is 9.73. The molecule has 1 fully saturated rings. The lowest BCUT2D eigenvalue weighted by molar-refractivity contribution is 0.232. The van der Waals surface area contributed by atoms with Gasteiger partial charge in [0.2, 0.25) is 0 Å². The molecule has 6 atom stereocenters. The van der Waals surface area contributed by atoms with Crippen LogP contribution in [-0.4, -0.2) is 17.6 Å². The van der Waals surface area contributed by atoms with Crippen molar-refractivity contribution in [3.63, 3.8) is 0 Å². The second-order valence-corrected chi connectivity index (χ2v) is 11.4. The molecule has 5 heteroatoms. The first-order chi connectivity index (χ1) is 15.3. The van der Waals surface area contributed by atoms with E-state index < -0.39 is 12.3 Å². The van der Waals surface area contributed by atoms with Crippen LogP contribution in [-0.2, 0) is 0 Å². The molecule has 0 amide bonds. The number of hydrogen-bond acceptors (Lipinski definition) is 1. The zero-order valence-electron chi connectivity index (χ0n) is 19.2. The SMILES string of the molecule is CCC(S)CCC(C)C1CCC(c2ccc(C3=CC(F)C#CC(F)C(P)=C3)c(P)c2)CC1. The van der Waals surface area contributed by atoms with Crippen molar-refractivity contribution in [2.45, 2.75) is 82.3 Å². The third-order valence-electron chi connectivity index (χ3n) is 7.15. The molecular formula is C27H36F2P2S. The molecule has 0 saturated heterocycles. The third kappa shape index (κ3) is 6.92. The highest BCUT2D eigenvalue weighted by Gasteiger charge is 2.26. The Morgan fingerprint density at radius 1 is 1.09 bits per heavy atom. The van der Waals surface area contributed by atoms with Crippen LogP contribution in [0.15, 0.2) is 35.7 Å². The van der Waals surface area contributed by atoms with Gasteiger partial charge in [-0.15, -0.1) is 18.5 Å². The summed E-state index contributed by atoms with van der Waals surface area (Å²) in [4.78, 5) is 0. The van der Waals surface area contributed by atoms with Gasteiger partial charge in [-0.05, 0) is 102 Å². The van der Waals surface area contributed by atoms with Gasteiger partial charge < -0.3 is 0 Å². The van der Waals surface area contributed by atoms with E-state index in [9.17, 15) is 8.78 Å². The van der Waals surface area contributed by atoms with E-state index >= 15 is 0 Å². The molecule has 0 spiro atoms. The fourth-order valence-corrected chi connectivity index (χ4v) is 5.79. The Kier molecular flexibility index (Phi) is 9.85. The van der Waals surface area contributed by atoms with E-state index in [1.54, 1.807) is 6.08 Å². The Labute approximate surface area is 203 Å². The Balaban J connectivity index is 1.66. The van der Waals surface area contributed by atoms with Crippen LogP contribution in [0.25, 0.3) is 5.57 Å². The van der Waals surface area contributed by atoms with Crippen molar-refractivity contribution in [3.8, 4) is 11.8 Å². The van der Waals surface area contributed by atoms with Crippen LogP contribution in [0.3, 0.4) is 0 Å². The van der Waals surface area contributed by atoms with Gasteiger partial charge >= 0.3 is 0 Å². The molecule has 3 rings (SSSR count). The number of rotatable bonds is 7. The first-order valence-electron chi connectivity index (χ1n) is 11.8. The van der Waals surface area contributed by atoms with Gasteiger partial charge in [0.05, 0.1) is 0 Å². The Bertz CT molecular complexity index is 906. The maximum absolute atomic E-state index is 14.1. The number of hydrogen-bond donors (Lipinski definition) is 1. The second-order valence-electron chi connectivity index (χ2n) is 9.39. The van der Waals surface area contributed by atoms with Gasteiger partial charge in [0.15, 0.2) is 12.3 Å². The lowest BCUT2D eigenvalue weighted by Gasteiger charge is -2.33. The summed E-state index contributed by atoms with van der Waals surface area (Å²) in [6.45, 7) is 4.63. The minimum Gasteiger partial charge on any atom is -0.229 e. The molecule has 0 bridgehead atoms. The Hall–Kier alpha value is -0.670. The van der Waals surface area contributed by atoms with E-state index in [-0.39, 0.29) is 0 Å². The summed E-state index contributed by atoms with van der Waals surface area (Å²) in [7, 11) is 5.18. The molecule has 0 N–H and O–H groups in total. The van der Waals surface area contributed by atoms with Crippen LogP contribution < -0.4 is 5.30 Å². The average molecular weight is 493 g/mol. The lowest BCUT2D eigenvalue weighted by Crippen LogP contribution is -2.20. The fourth-order valence-electron chi connectivity index (χ4n) is 4.92. The molecule has 0 aliphatic heterocycles. The van der Waals surface area contributed by atoms with Crippen LogP contribution in [0.5, 0.6) is 0 Å². The van der Waals surface area contributed by atoms with Crippen LogP contribution >= 0.6 is 31.1 Å². The quantitative estimate of drug-likeness (QED) is 0.229. The summed E-state index contributed by atoms with van der Waals surface area (Å²) in [5, 5.41) is 1.99. The standard InChI is InChI=1S/C27H36F2P2S/c1-3-23(32)11-4-17(2)18-5-7-19(8-6-18)20-9-12-24(26(30)15-20)21-14-22(28)10-13-25(29)27(31)16-21/h9,12,14-19,22-23,25,32H,3-8,11,30-31H2,1-2H3. The third-order valence-corrected chi connectivity index (χ3v) is 8.71. The summed E-state index contributed by atoms with van der Waals surface area (Å²) in [6, 6.07) is 6.44. The minimum atomic E-state index is -1.46. The van der Waals surface area contributed by atoms with Gasteiger partial charge in [-0.1, -0.05) is 43.9 Å². The maximum atomic E-state index is 14.1. The van der Waals surface area contributed by atoms with Crippen molar-refractivity contribution < 1.29 is 8.78 Å². The second kappa shape index (κ2) is 12.2. The van der Waals surface area contributed by atoms with Crippen molar-refractivity contribution in [2.24, 2.45) is 11.8 Å². The van der Waals surface area contributed by atoms with Crippen molar-refractivity contribution in [1.29, 1.82) is 0 Å². The molecular weight excluding hydrogens is 456 g/mol. The number of benzene rings is 1. The molecule has 174 valence electrons. The molecule has 0 radical (unpaired) electrons. The molecule has 1 saturated carbocycles. The highest BCUT2D eigenvalue weighted by atomic mass is 32.1. The zero-order valence-corrected chi connectivity index (χ0v) is 22.4. The smallest absolute Gasteiger partial charge is 0.185 e. The van der Waals surface area contributed by atoms with Gasteiger partial charge in [-0.25, -0.2) is 8.78 Å². The van der Waals surface area contributed by atoms with Crippen molar-refractivity contribution in [2.75, 3.05) is 0 Å². The van der Waals surface area contributed by atoms with E-state index in [1.807, 2.05) is 0 Å². The van der Waals surface area contributed by atoms with E-state index in [1.165, 1.54) is 50.2 Å². The van der Waals surface area contributed by atoms with E-state index in [2.05, 4.69) is 75.0 Å². The average Bonchev–Trinajstić information content (AvgIpc) is 2.79. The summed E-state index contributed by atoms with van der Waals surface area (Å²) >= 11 is 4.66. The van der Waals surface area contributed by atoms with Crippen LogP contribution in [0.2, 0.25) is 0 Å². The van der Waals surface area contributed by atoms with Crippen LogP contribution in [0.4, 0.5) is 8.78 Å². The Morgan fingerprint density at radius 3 is 2.47 bits per heavy atom. The van der Waals surface area contributed by atoms with E-state index in [4.69, 9.17) is 0 Å².